The summed E-state index contributed by atoms with van der Waals surface area (Å²) in [5.74, 6) is 1.83. The van der Waals surface area contributed by atoms with Gasteiger partial charge in [0.2, 0.25) is 0 Å². The van der Waals surface area contributed by atoms with Crippen LogP contribution < -0.4 is 24.6 Å². The van der Waals surface area contributed by atoms with Gasteiger partial charge in [-0.2, -0.15) is 0 Å². The minimum atomic E-state index is -0.800. The molecule has 0 radical (unpaired) electrons. The van der Waals surface area contributed by atoms with Crippen molar-refractivity contribution >= 4 is 28.2 Å². The third-order valence-corrected chi connectivity index (χ3v) is 11.5. The molecule has 0 saturated carbocycles. The van der Waals surface area contributed by atoms with Crippen molar-refractivity contribution in [3.05, 3.63) is 125 Å². The third-order valence-electron chi connectivity index (χ3n) is 11.5. The zero-order valence-corrected chi connectivity index (χ0v) is 28.9. The number of hydrogen-bond donors (Lipinski definition) is 1. The molecule has 5 aromatic rings. The topological polar surface area (TPSA) is 37.0 Å². The smallest absolute Gasteiger partial charge is 0.178 e. The van der Waals surface area contributed by atoms with Gasteiger partial charge in [0.25, 0.3) is 0 Å². The zero-order chi connectivity index (χ0) is 33.2. The number of nitrogens with zero attached hydrogens (tertiary/aromatic N) is 2. The molecule has 5 heteroatoms. The minimum Gasteiger partial charge on any atom is -0.495 e. The molecular formula is C44H45N3O2. The first-order valence-corrected chi connectivity index (χ1v) is 18.1. The maximum Gasteiger partial charge on any atom is 0.178 e. The number of benzene rings is 5. The van der Waals surface area contributed by atoms with Gasteiger partial charge in [-0.05, 0) is 77.2 Å². The quantitative estimate of drug-likeness (QED) is 0.206. The number of hydrogen-bond acceptors (Lipinski definition) is 5. The van der Waals surface area contributed by atoms with E-state index in [9.17, 15) is 0 Å². The summed E-state index contributed by atoms with van der Waals surface area (Å²) < 4.78 is 13.8. The molecule has 3 aliphatic heterocycles. The molecule has 1 atom stereocenters. The van der Waals surface area contributed by atoms with Crippen LogP contribution >= 0.6 is 0 Å². The number of fused-ring (bicyclic) bond motifs is 8. The van der Waals surface area contributed by atoms with Crippen LogP contribution in [-0.2, 0) is 11.0 Å². The first-order chi connectivity index (χ1) is 24.0. The Morgan fingerprint density at radius 3 is 2.20 bits per heavy atom. The highest BCUT2D eigenvalue weighted by Gasteiger charge is 2.44. The molecule has 49 heavy (non-hydrogen) atoms. The van der Waals surface area contributed by atoms with Crippen molar-refractivity contribution in [3.8, 4) is 22.6 Å². The number of methoxy groups -OCH3 is 1. The van der Waals surface area contributed by atoms with Crippen molar-refractivity contribution < 1.29 is 9.47 Å². The van der Waals surface area contributed by atoms with Gasteiger partial charge in [0.1, 0.15) is 11.5 Å². The van der Waals surface area contributed by atoms with Crippen LogP contribution in [0.25, 0.3) is 28.0 Å². The second kappa shape index (κ2) is 11.7. The number of piperazine rings is 1. The monoisotopic (exact) mass is 647 g/mol. The maximum atomic E-state index is 7.61. The van der Waals surface area contributed by atoms with Gasteiger partial charge in [-0.1, -0.05) is 86.7 Å². The van der Waals surface area contributed by atoms with E-state index in [2.05, 4.69) is 132 Å². The van der Waals surface area contributed by atoms with Crippen molar-refractivity contribution in [2.45, 2.75) is 44.1 Å². The van der Waals surface area contributed by atoms with E-state index in [1.165, 1.54) is 63.8 Å². The summed E-state index contributed by atoms with van der Waals surface area (Å²) in [6, 6.07) is 33.4. The van der Waals surface area contributed by atoms with Gasteiger partial charge in [-0.3, -0.25) is 0 Å². The van der Waals surface area contributed by atoms with Gasteiger partial charge in [-0.15, -0.1) is 0 Å². The van der Waals surface area contributed by atoms with Crippen molar-refractivity contribution in [1.82, 2.24) is 5.32 Å². The number of nitrogens with one attached hydrogen (secondary N) is 1. The molecule has 0 amide bonds. The fourth-order valence-electron chi connectivity index (χ4n) is 9.02. The molecule has 1 unspecified atom stereocenters. The Bertz CT molecular complexity index is 2070. The van der Waals surface area contributed by atoms with Crippen molar-refractivity contribution in [2.24, 2.45) is 0 Å². The first-order valence-electron chi connectivity index (χ1n) is 18.1. The van der Waals surface area contributed by atoms with E-state index < -0.39 is 5.60 Å². The molecule has 1 N–H and O–H groups in total. The number of anilines is 2. The first kappa shape index (κ1) is 30.3. The molecule has 0 bridgehead atoms. The normalized spacial score (nSPS) is 20.8. The van der Waals surface area contributed by atoms with E-state index in [0.717, 1.165) is 67.3 Å². The highest BCUT2D eigenvalue weighted by atomic mass is 16.5. The molecule has 4 aliphatic rings. The van der Waals surface area contributed by atoms with E-state index in [1.54, 1.807) is 0 Å². The second-order valence-electron chi connectivity index (χ2n) is 14.6. The SMILES string of the molecule is COc1cc2c3c(c4c(c2cc1N1CCCCC1)-c1ccccc1C4(C)C)C=CC(c1ccccc1)(c1ccc(N2CCNCC2)cc1)O3. The van der Waals surface area contributed by atoms with Crippen LogP contribution in [0.5, 0.6) is 11.5 Å². The Kier molecular flexibility index (Phi) is 7.24. The predicted molar refractivity (Wildman–Crippen MR) is 203 cm³/mol. The fourth-order valence-corrected chi connectivity index (χ4v) is 9.02. The van der Waals surface area contributed by atoms with E-state index >= 15 is 0 Å². The summed E-state index contributed by atoms with van der Waals surface area (Å²) >= 11 is 0. The molecule has 2 fully saturated rings. The molecular weight excluding hydrogens is 603 g/mol. The summed E-state index contributed by atoms with van der Waals surface area (Å²) in [7, 11) is 1.81. The molecule has 0 aromatic heterocycles. The van der Waals surface area contributed by atoms with Crippen LogP contribution in [0.3, 0.4) is 0 Å². The highest BCUT2D eigenvalue weighted by molar-refractivity contribution is 6.10. The maximum absolute atomic E-state index is 7.61. The molecule has 1 aliphatic carbocycles. The Hall–Kier alpha value is -4.74. The van der Waals surface area contributed by atoms with E-state index in [4.69, 9.17) is 9.47 Å². The average molecular weight is 648 g/mol. The lowest BCUT2D eigenvalue weighted by Crippen LogP contribution is -2.43. The minimum absolute atomic E-state index is 0.194. The predicted octanol–water partition coefficient (Wildman–Crippen LogP) is 8.90. The van der Waals surface area contributed by atoms with Crippen molar-refractivity contribution in [1.29, 1.82) is 0 Å². The fraction of sp³-hybridized carbons (Fsp3) is 0.318. The largest absolute Gasteiger partial charge is 0.495 e. The van der Waals surface area contributed by atoms with Gasteiger partial charge in [0.15, 0.2) is 5.60 Å². The number of piperidine rings is 1. The van der Waals surface area contributed by atoms with Crippen LogP contribution in [0, 0.1) is 0 Å². The third kappa shape index (κ3) is 4.69. The Labute approximate surface area is 290 Å². The number of ether oxygens (including phenoxy) is 2. The Morgan fingerprint density at radius 2 is 1.45 bits per heavy atom. The highest BCUT2D eigenvalue weighted by Crippen LogP contribution is 2.59. The molecule has 5 nitrogen and oxygen atoms in total. The average Bonchev–Trinajstić information content (AvgIpc) is 3.42. The van der Waals surface area contributed by atoms with Gasteiger partial charge in [0, 0.05) is 72.4 Å². The molecule has 3 heterocycles. The summed E-state index contributed by atoms with van der Waals surface area (Å²) in [4.78, 5) is 4.99. The van der Waals surface area contributed by atoms with Crippen LogP contribution in [0.15, 0.2) is 97.1 Å². The Morgan fingerprint density at radius 1 is 0.735 bits per heavy atom. The van der Waals surface area contributed by atoms with E-state index in [1.807, 2.05) is 7.11 Å². The van der Waals surface area contributed by atoms with Gasteiger partial charge < -0.3 is 24.6 Å². The molecule has 2 saturated heterocycles. The lowest BCUT2D eigenvalue weighted by atomic mass is 9.76. The standard InChI is InChI=1S/C44H45N3O2/c1-43(2)37-15-9-8-14-33(37)40-35-28-38(47-24-10-5-11-25-47)39(48-3)29-36(35)42-34(41(40)43)20-21-44(49-42,30-12-6-4-7-13-30)31-16-18-32(19-17-31)46-26-22-45-23-27-46/h4,6-9,12-21,28-29,45H,5,10-11,22-27H2,1-3H3. The lowest BCUT2D eigenvalue weighted by molar-refractivity contribution is 0.163. The summed E-state index contributed by atoms with van der Waals surface area (Å²) in [6.45, 7) is 10.9. The Balaban J connectivity index is 1.29. The molecule has 0 spiro atoms. The second-order valence-corrected chi connectivity index (χ2v) is 14.6. The number of rotatable bonds is 5. The molecule has 5 aromatic carbocycles. The van der Waals surface area contributed by atoms with Gasteiger partial charge >= 0.3 is 0 Å². The van der Waals surface area contributed by atoms with Crippen molar-refractivity contribution in [2.75, 3.05) is 56.2 Å². The van der Waals surface area contributed by atoms with Gasteiger partial charge in [0.05, 0.1) is 12.8 Å². The van der Waals surface area contributed by atoms with Crippen LogP contribution in [0.4, 0.5) is 11.4 Å². The molecule has 248 valence electrons. The van der Waals surface area contributed by atoms with Crippen LogP contribution in [0.1, 0.15) is 60.9 Å². The van der Waals surface area contributed by atoms with Crippen molar-refractivity contribution in [3.63, 3.8) is 0 Å². The summed E-state index contributed by atoms with van der Waals surface area (Å²) in [5.41, 5.74) is 10.2. The lowest BCUT2D eigenvalue weighted by Gasteiger charge is -2.39. The zero-order valence-electron chi connectivity index (χ0n) is 28.9. The van der Waals surface area contributed by atoms with Crippen LogP contribution in [-0.4, -0.2) is 46.4 Å². The van der Waals surface area contributed by atoms with Crippen LogP contribution in [0.2, 0.25) is 0 Å². The van der Waals surface area contributed by atoms with E-state index in [0.29, 0.717) is 0 Å². The molecule has 9 rings (SSSR count). The summed E-state index contributed by atoms with van der Waals surface area (Å²) in [6.07, 6.45) is 8.36. The van der Waals surface area contributed by atoms with E-state index in [-0.39, 0.29) is 5.41 Å². The summed E-state index contributed by atoms with van der Waals surface area (Å²) in [5, 5.41) is 5.81. The van der Waals surface area contributed by atoms with Gasteiger partial charge in [-0.25, -0.2) is 0 Å².